The molecular formula is C12H14O2. The van der Waals surface area contributed by atoms with Crippen LogP contribution < -0.4 is 0 Å². The molecule has 0 saturated carbocycles. The van der Waals surface area contributed by atoms with Gasteiger partial charge in [0.25, 0.3) is 0 Å². The minimum Gasteiger partial charge on any atom is -0.392 e. The predicted octanol–water partition coefficient (Wildman–Crippen LogP) is 1.67. The Balaban J connectivity index is 2.30. The SMILES string of the molecule is CC(=O)CC1c2ccccc2CC1O. The Bertz CT molecular complexity index is 357. The van der Waals surface area contributed by atoms with Crippen molar-refractivity contribution in [2.45, 2.75) is 31.8 Å². The molecule has 2 heteroatoms. The summed E-state index contributed by atoms with van der Waals surface area (Å²) in [6.45, 7) is 1.58. The van der Waals surface area contributed by atoms with Crippen molar-refractivity contribution in [1.29, 1.82) is 0 Å². The number of hydrogen-bond acceptors (Lipinski definition) is 2. The van der Waals surface area contributed by atoms with Crippen molar-refractivity contribution in [3.8, 4) is 0 Å². The fourth-order valence-corrected chi connectivity index (χ4v) is 2.21. The summed E-state index contributed by atoms with van der Waals surface area (Å²) in [6.07, 6.45) is 0.767. The van der Waals surface area contributed by atoms with Gasteiger partial charge < -0.3 is 9.90 Å². The molecule has 2 unspecified atom stereocenters. The summed E-state index contributed by atoms with van der Waals surface area (Å²) in [6, 6.07) is 7.98. The third-order valence-corrected chi connectivity index (χ3v) is 2.86. The van der Waals surface area contributed by atoms with Crippen LogP contribution in [0, 0.1) is 0 Å². The van der Waals surface area contributed by atoms with Crippen molar-refractivity contribution in [3.05, 3.63) is 35.4 Å². The smallest absolute Gasteiger partial charge is 0.130 e. The van der Waals surface area contributed by atoms with Gasteiger partial charge in [-0.25, -0.2) is 0 Å². The monoisotopic (exact) mass is 190 g/mol. The maximum absolute atomic E-state index is 11.0. The van der Waals surface area contributed by atoms with Crippen LogP contribution in [0.1, 0.15) is 30.4 Å². The quantitative estimate of drug-likeness (QED) is 0.770. The normalized spacial score (nSPS) is 24.7. The zero-order chi connectivity index (χ0) is 10.1. The minimum absolute atomic E-state index is 0.0173. The van der Waals surface area contributed by atoms with E-state index in [1.54, 1.807) is 6.92 Å². The second-order valence-corrected chi connectivity index (χ2v) is 3.98. The van der Waals surface area contributed by atoms with Crippen LogP contribution in [0.3, 0.4) is 0 Å². The fourth-order valence-electron chi connectivity index (χ4n) is 2.21. The van der Waals surface area contributed by atoms with Gasteiger partial charge in [-0.3, -0.25) is 0 Å². The number of carbonyl (C=O) groups excluding carboxylic acids is 1. The maximum Gasteiger partial charge on any atom is 0.130 e. The topological polar surface area (TPSA) is 37.3 Å². The molecule has 1 aromatic rings. The summed E-state index contributed by atoms with van der Waals surface area (Å²) in [5.41, 5.74) is 2.33. The molecule has 0 amide bonds. The van der Waals surface area contributed by atoms with E-state index in [4.69, 9.17) is 0 Å². The minimum atomic E-state index is -0.378. The fraction of sp³-hybridized carbons (Fsp3) is 0.417. The van der Waals surface area contributed by atoms with E-state index >= 15 is 0 Å². The highest BCUT2D eigenvalue weighted by Crippen LogP contribution is 2.35. The van der Waals surface area contributed by atoms with Gasteiger partial charge in [0.2, 0.25) is 0 Å². The molecule has 0 aliphatic heterocycles. The Hall–Kier alpha value is -1.15. The first-order valence-corrected chi connectivity index (χ1v) is 4.94. The van der Waals surface area contributed by atoms with Gasteiger partial charge in [-0.05, 0) is 24.5 Å². The first-order chi connectivity index (χ1) is 6.68. The van der Waals surface area contributed by atoms with E-state index in [2.05, 4.69) is 0 Å². The van der Waals surface area contributed by atoms with Gasteiger partial charge in [0.1, 0.15) is 5.78 Å². The van der Waals surface area contributed by atoms with Crippen LogP contribution in [0.5, 0.6) is 0 Å². The number of Topliss-reactive ketones (excluding diaryl/α,β-unsaturated/α-hetero) is 1. The second-order valence-electron chi connectivity index (χ2n) is 3.98. The molecule has 0 saturated heterocycles. The van der Waals surface area contributed by atoms with Crippen LogP contribution in [-0.4, -0.2) is 17.0 Å². The lowest BCUT2D eigenvalue weighted by molar-refractivity contribution is -0.117. The highest BCUT2D eigenvalue weighted by molar-refractivity contribution is 5.76. The largest absolute Gasteiger partial charge is 0.392 e. The predicted molar refractivity (Wildman–Crippen MR) is 54.2 cm³/mol. The van der Waals surface area contributed by atoms with E-state index in [9.17, 15) is 9.90 Å². The van der Waals surface area contributed by atoms with Crippen LogP contribution in [-0.2, 0) is 11.2 Å². The van der Waals surface area contributed by atoms with Gasteiger partial charge in [-0.15, -0.1) is 0 Å². The molecule has 0 fully saturated rings. The third-order valence-electron chi connectivity index (χ3n) is 2.86. The van der Waals surface area contributed by atoms with Crippen LogP contribution >= 0.6 is 0 Å². The van der Waals surface area contributed by atoms with Crippen LogP contribution in [0.2, 0.25) is 0 Å². The van der Waals surface area contributed by atoms with Crippen LogP contribution in [0.25, 0.3) is 0 Å². The molecule has 2 nitrogen and oxygen atoms in total. The van der Waals surface area contributed by atoms with Gasteiger partial charge >= 0.3 is 0 Å². The van der Waals surface area contributed by atoms with Gasteiger partial charge in [0.05, 0.1) is 6.10 Å². The van der Waals surface area contributed by atoms with Crippen LogP contribution in [0.15, 0.2) is 24.3 Å². The average Bonchev–Trinajstić information content (AvgIpc) is 2.43. The van der Waals surface area contributed by atoms with E-state index in [1.165, 1.54) is 5.56 Å². The molecule has 2 rings (SSSR count). The molecule has 0 radical (unpaired) electrons. The molecule has 14 heavy (non-hydrogen) atoms. The van der Waals surface area contributed by atoms with Gasteiger partial charge in [-0.2, -0.15) is 0 Å². The summed E-state index contributed by atoms with van der Waals surface area (Å²) in [4.78, 5) is 11.0. The molecule has 74 valence electrons. The van der Waals surface area contributed by atoms with E-state index in [0.717, 1.165) is 5.56 Å². The highest BCUT2D eigenvalue weighted by Gasteiger charge is 2.31. The Morgan fingerprint density at radius 1 is 1.50 bits per heavy atom. The Morgan fingerprint density at radius 3 is 2.93 bits per heavy atom. The summed E-state index contributed by atoms with van der Waals surface area (Å²) < 4.78 is 0. The number of carbonyl (C=O) groups is 1. The Labute approximate surface area is 83.6 Å². The number of aliphatic hydroxyl groups is 1. The lowest BCUT2D eigenvalue weighted by atomic mass is 9.94. The molecule has 1 aromatic carbocycles. The molecule has 0 heterocycles. The van der Waals surface area contributed by atoms with Crippen molar-refractivity contribution in [1.82, 2.24) is 0 Å². The average molecular weight is 190 g/mol. The molecule has 1 aliphatic rings. The van der Waals surface area contributed by atoms with E-state index in [-0.39, 0.29) is 17.8 Å². The molecular weight excluding hydrogens is 176 g/mol. The molecule has 0 spiro atoms. The number of ketones is 1. The van der Waals surface area contributed by atoms with Crippen molar-refractivity contribution in [2.24, 2.45) is 0 Å². The lowest BCUT2D eigenvalue weighted by Crippen LogP contribution is -2.15. The number of aliphatic hydroxyl groups excluding tert-OH is 1. The zero-order valence-corrected chi connectivity index (χ0v) is 8.23. The highest BCUT2D eigenvalue weighted by atomic mass is 16.3. The summed E-state index contributed by atoms with van der Waals surface area (Å²) in [5.74, 6) is 0.162. The van der Waals surface area contributed by atoms with Gasteiger partial charge in [0.15, 0.2) is 0 Å². The molecule has 1 aliphatic carbocycles. The summed E-state index contributed by atoms with van der Waals surface area (Å²) in [5, 5.41) is 9.81. The lowest BCUT2D eigenvalue weighted by Gasteiger charge is -2.13. The number of rotatable bonds is 2. The Morgan fingerprint density at radius 2 is 2.21 bits per heavy atom. The van der Waals surface area contributed by atoms with E-state index < -0.39 is 0 Å². The van der Waals surface area contributed by atoms with Gasteiger partial charge in [0, 0.05) is 12.3 Å². The third kappa shape index (κ3) is 1.58. The van der Waals surface area contributed by atoms with Crippen molar-refractivity contribution in [3.63, 3.8) is 0 Å². The molecule has 2 atom stereocenters. The summed E-state index contributed by atoms with van der Waals surface area (Å²) >= 11 is 0. The molecule has 0 aromatic heterocycles. The van der Waals surface area contributed by atoms with Crippen molar-refractivity contribution < 1.29 is 9.90 Å². The number of hydrogen-bond donors (Lipinski definition) is 1. The molecule has 1 N–H and O–H groups in total. The zero-order valence-electron chi connectivity index (χ0n) is 8.23. The number of fused-ring (bicyclic) bond motifs is 1. The van der Waals surface area contributed by atoms with Crippen molar-refractivity contribution in [2.75, 3.05) is 0 Å². The number of benzene rings is 1. The van der Waals surface area contributed by atoms with Gasteiger partial charge in [-0.1, -0.05) is 24.3 Å². The summed E-state index contributed by atoms with van der Waals surface area (Å²) in [7, 11) is 0. The first kappa shape index (κ1) is 9.41. The maximum atomic E-state index is 11.0. The molecule has 0 bridgehead atoms. The van der Waals surface area contributed by atoms with E-state index in [1.807, 2.05) is 24.3 Å². The first-order valence-electron chi connectivity index (χ1n) is 4.94. The van der Waals surface area contributed by atoms with Crippen LogP contribution in [0.4, 0.5) is 0 Å². The standard InChI is InChI=1S/C12H14O2/c1-8(13)6-11-10-5-3-2-4-9(10)7-12(11)14/h2-5,11-12,14H,6-7H2,1H3. The van der Waals surface area contributed by atoms with E-state index in [0.29, 0.717) is 12.8 Å². The second kappa shape index (κ2) is 3.54. The van der Waals surface area contributed by atoms with Crippen molar-refractivity contribution >= 4 is 5.78 Å². The Kier molecular flexibility index (Phi) is 2.38.